The molecule has 2 aliphatic heterocycles. The molecule has 3 aliphatic rings. The maximum absolute atomic E-state index is 15.2. The molecule has 4 rings (SSSR count). The van der Waals surface area contributed by atoms with E-state index in [0.717, 1.165) is 18.2 Å². The molecule has 33 heavy (non-hydrogen) atoms. The average Bonchev–Trinajstić information content (AvgIpc) is 3.13. The Morgan fingerprint density at radius 3 is 2.70 bits per heavy atom. The van der Waals surface area contributed by atoms with E-state index < -0.39 is 21.7 Å². The van der Waals surface area contributed by atoms with E-state index in [4.69, 9.17) is 4.74 Å². The molecule has 0 aromatic heterocycles. The van der Waals surface area contributed by atoms with Gasteiger partial charge in [-0.2, -0.15) is 0 Å². The zero-order valence-corrected chi connectivity index (χ0v) is 19.9. The second kappa shape index (κ2) is 8.91. The molecule has 6 nitrogen and oxygen atoms in total. The van der Waals surface area contributed by atoms with Crippen LogP contribution in [0.15, 0.2) is 64.4 Å². The molecule has 1 radical (unpaired) electrons. The predicted molar refractivity (Wildman–Crippen MR) is 125 cm³/mol. The lowest BCUT2D eigenvalue weighted by Gasteiger charge is -2.32. The maximum atomic E-state index is 15.2. The lowest BCUT2D eigenvalue weighted by atomic mass is 9.83. The number of likely N-dealkylation sites (N-methyl/N-ethyl adjacent to an activating group) is 1. The minimum atomic E-state index is -3.52. The number of carbonyl (C=O) groups excluding carboxylic acids is 1. The number of amides is 1. The lowest BCUT2D eigenvalue weighted by molar-refractivity contribution is -0.130. The zero-order chi connectivity index (χ0) is 23.9. The van der Waals surface area contributed by atoms with Gasteiger partial charge in [0.25, 0.3) is 0 Å². The molecule has 1 aromatic rings. The number of nitrogens with one attached hydrogen (secondary N) is 1. The Morgan fingerprint density at radius 1 is 1.24 bits per heavy atom. The quantitative estimate of drug-likeness (QED) is 0.710. The summed E-state index contributed by atoms with van der Waals surface area (Å²) in [4.78, 5) is 14.3. The Morgan fingerprint density at radius 2 is 2.00 bits per heavy atom. The van der Waals surface area contributed by atoms with Crippen molar-refractivity contribution < 1.29 is 22.3 Å². The summed E-state index contributed by atoms with van der Waals surface area (Å²) >= 11 is 0. The maximum Gasteiger partial charge on any atom is 0.244 e. The van der Waals surface area contributed by atoms with Crippen molar-refractivity contribution in [1.82, 2.24) is 10.2 Å². The highest BCUT2D eigenvalue weighted by atomic mass is 32.2. The Bertz CT molecular complexity index is 1210. The van der Waals surface area contributed by atoms with Crippen LogP contribution in [0.3, 0.4) is 0 Å². The summed E-state index contributed by atoms with van der Waals surface area (Å²) in [5, 5.41) is 3.24. The Kier molecular flexibility index (Phi) is 6.33. The molecule has 1 amide bonds. The van der Waals surface area contributed by atoms with E-state index >= 15 is 4.39 Å². The van der Waals surface area contributed by atoms with E-state index in [1.54, 1.807) is 50.0 Å². The second-order valence-corrected chi connectivity index (χ2v) is 10.9. The van der Waals surface area contributed by atoms with Crippen LogP contribution in [0.1, 0.15) is 31.7 Å². The third kappa shape index (κ3) is 4.54. The van der Waals surface area contributed by atoms with Crippen LogP contribution in [0.5, 0.6) is 5.75 Å². The van der Waals surface area contributed by atoms with E-state index in [1.165, 1.54) is 11.0 Å². The fraction of sp³-hybridized carbons (Fsp3) is 0.360. The van der Waals surface area contributed by atoms with Crippen LogP contribution >= 0.6 is 0 Å². The number of ether oxygens (including phenoxy) is 1. The van der Waals surface area contributed by atoms with E-state index in [0.29, 0.717) is 23.4 Å². The number of nitrogens with zero attached hydrogens (tertiary/aromatic N) is 1. The van der Waals surface area contributed by atoms with Gasteiger partial charge < -0.3 is 15.0 Å². The van der Waals surface area contributed by atoms with Crippen molar-refractivity contribution >= 4 is 15.7 Å². The summed E-state index contributed by atoms with van der Waals surface area (Å²) < 4.78 is 46.1. The standard InChI is InChI=1S/C25H28FN2O4S/c1-15(2)17-8-6-10-22(23(17)26)32-21-9-5-7-16(33(4,30)31)13-19(21)20-14-28(3)25(29)24-18(20)11-12-27-24/h5-10,13-15,18,24,27H,11-12H2,1-4H3. The lowest BCUT2D eigenvalue weighted by Crippen LogP contribution is -2.47. The van der Waals surface area contributed by atoms with Gasteiger partial charge in [0.05, 0.1) is 10.9 Å². The van der Waals surface area contributed by atoms with Gasteiger partial charge in [0.2, 0.25) is 5.91 Å². The van der Waals surface area contributed by atoms with Gasteiger partial charge in [-0.1, -0.05) is 32.1 Å². The van der Waals surface area contributed by atoms with Gasteiger partial charge in [-0.3, -0.25) is 4.79 Å². The van der Waals surface area contributed by atoms with Gasteiger partial charge in [-0.05, 0) is 48.2 Å². The number of benzene rings is 1. The Balaban J connectivity index is 1.82. The van der Waals surface area contributed by atoms with E-state index in [9.17, 15) is 13.2 Å². The molecule has 1 fully saturated rings. The molecule has 0 bridgehead atoms. The monoisotopic (exact) mass is 471 g/mol. The van der Waals surface area contributed by atoms with E-state index in [1.807, 2.05) is 13.8 Å². The minimum Gasteiger partial charge on any atom is -0.454 e. The van der Waals surface area contributed by atoms with Gasteiger partial charge in [0.1, 0.15) is 5.76 Å². The number of rotatable bonds is 5. The molecule has 1 N–H and O–H groups in total. The fourth-order valence-corrected chi connectivity index (χ4v) is 5.11. The predicted octanol–water partition coefficient (Wildman–Crippen LogP) is 3.62. The van der Waals surface area contributed by atoms with Gasteiger partial charge in [0.15, 0.2) is 21.4 Å². The summed E-state index contributed by atoms with van der Waals surface area (Å²) in [5.74, 6) is -0.261. The molecule has 1 aromatic carbocycles. The van der Waals surface area contributed by atoms with Crippen LogP contribution in [-0.2, 0) is 14.6 Å². The van der Waals surface area contributed by atoms with Crippen LogP contribution in [0, 0.1) is 18.2 Å². The van der Waals surface area contributed by atoms with Crippen molar-refractivity contribution in [3.05, 3.63) is 82.2 Å². The van der Waals surface area contributed by atoms with Crippen LogP contribution in [0.2, 0.25) is 0 Å². The molecule has 2 unspecified atom stereocenters. The summed E-state index contributed by atoms with van der Waals surface area (Å²) in [6, 6.07) is 4.62. The highest BCUT2D eigenvalue weighted by Gasteiger charge is 2.42. The van der Waals surface area contributed by atoms with Crippen LogP contribution in [-0.4, -0.2) is 45.1 Å². The summed E-state index contributed by atoms with van der Waals surface area (Å²) in [5.41, 5.74) is 1.84. The van der Waals surface area contributed by atoms with Crippen LogP contribution in [0.4, 0.5) is 4.39 Å². The molecular formula is C25H28FN2O4S. The first-order chi connectivity index (χ1) is 15.6. The summed E-state index contributed by atoms with van der Waals surface area (Å²) in [7, 11) is -1.85. The van der Waals surface area contributed by atoms with E-state index in [-0.39, 0.29) is 28.4 Å². The third-order valence-corrected chi connectivity index (χ3v) is 7.31. The van der Waals surface area contributed by atoms with Crippen molar-refractivity contribution in [2.45, 2.75) is 32.2 Å². The number of hydrogen-bond donors (Lipinski definition) is 1. The molecule has 1 saturated heterocycles. The van der Waals surface area contributed by atoms with E-state index in [2.05, 4.69) is 5.32 Å². The zero-order valence-electron chi connectivity index (χ0n) is 19.1. The number of hydrogen-bond acceptors (Lipinski definition) is 5. The molecule has 2 heterocycles. The molecule has 1 aliphatic carbocycles. The summed E-state index contributed by atoms with van der Waals surface area (Å²) in [6.07, 6.45) is 9.87. The van der Waals surface area contributed by atoms with Crippen molar-refractivity contribution in [1.29, 1.82) is 0 Å². The van der Waals surface area contributed by atoms with Gasteiger partial charge in [-0.15, -0.1) is 0 Å². The fourth-order valence-electron chi connectivity index (χ4n) is 4.45. The average molecular weight is 472 g/mol. The molecule has 0 saturated carbocycles. The summed E-state index contributed by atoms with van der Waals surface area (Å²) in [6.45, 7) is 4.48. The molecule has 175 valence electrons. The number of fused-ring (bicyclic) bond motifs is 1. The Labute approximate surface area is 194 Å². The largest absolute Gasteiger partial charge is 0.454 e. The first kappa shape index (κ1) is 23.4. The van der Waals surface area contributed by atoms with Gasteiger partial charge in [0, 0.05) is 37.4 Å². The van der Waals surface area contributed by atoms with Crippen molar-refractivity contribution in [2.24, 2.45) is 5.92 Å². The Hall–Kier alpha value is -2.71. The van der Waals surface area contributed by atoms with Crippen LogP contribution < -0.4 is 10.1 Å². The van der Waals surface area contributed by atoms with Crippen molar-refractivity contribution in [3.63, 3.8) is 0 Å². The SMILES string of the molecule is CC(C)c1cccc(OC2=C[CH]C=C(S(C)(=O)=O)C=C2C2=CN(C)C(=O)C3NCCC23)c1F. The third-order valence-electron chi connectivity index (χ3n) is 6.20. The van der Waals surface area contributed by atoms with Gasteiger partial charge in [-0.25, -0.2) is 12.8 Å². The highest BCUT2D eigenvalue weighted by molar-refractivity contribution is 7.94. The molecule has 8 heteroatoms. The van der Waals surface area contributed by atoms with Crippen LogP contribution in [0.25, 0.3) is 0 Å². The van der Waals surface area contributed by atoms with Gasteiger partial charge >= 0.3 is 0 Å². The first-order valence-corrected chi connectivity index (χ1v) is 12.8. The first-order valence-electron chi connectivity index (χ1n) is 10.9. The number of carbonyl (C=O) groups is 1. The molecule has 0 spiro atoms. The smallest absolute Gasteiger partial charge is 0.244 e. The molecule has 2 atom stereocenters. The molecular weight excluding hydrogens is 443 g/mol. The number of halogens is 1. The number of sulfone groups is 1. The number of allylic oxidation sites excluding steroid dienone is 4. The second-order valence-electron chi connectivity index (χ2n) is 8.90. The van der Waals surface area contributed by atoms with Crippen molar-refractivity contribution in [3.8, 4) is 5.75 Å². The normalized spacial score (nSPS) is 23.5. The highest BCUT2D eigenvalue weighted by Crippen LogP contribution is 2.40. The minimum absolute atomic E-state index is 0.0252. The van der Waals surface area contributed by atoms with Crippen molar-refractivity contribution in [2.75, 3.05) is 19.8 Å². The topological polar surface area (TPSA) is 75.7 Å².